The Balaban J connectivity index is 1.59. The molecule has 0 spiro atoms. The molecule has 2 atom stereocenters. The Bertz CT molecular complexity index is 669. The summed E-state index contributed by atoms with van der Waals surface area (Å²) in [6, 6.07) is 2.11. The van der Waals surface area contributed by atoms with Gasteiger partial charge in [-0.15, -0.1) is 11.8 Å². The summed E-state index contributed by atoms with van der Waals surface area (Å²) < 4.78 is 7.99. The molecule has 5 nitrogen and oxygen atoms in total. The van der Waals surface area contributed by atoms with Crippen LogP contribution in [0.15, 0.2) is 23.6 Å². The normalized spacial score (nSPS) is 26.1. The Morgan fingerprint density at radius 1 is 1.17 bits per heavy atom. The van der Waals surface area contributed by atoms with Crippen molar-refractivity contribution in [2.75, 3.05) is 6.61 Å². The molecule has 1 saturated carbocycles. The van der Waals surface area contributed by atoms with Crippen LogP contribution in [0.4, 0.5) is 0 Å². The predicted octanol–water partition coefficient (Wildman–Crippen LogP) is 3.53. The average Bonchev–Trinajstić information content (AvgIpc) is 3.22. The minimum Gasteiger partial charge on any atom is -0.394 e. The topological polar surface area (TPSA) is 60.2 Å². The first kappa shape index (κ1) is 15.4. The highest BCUT2D eigenvalue weighted by molar-refractivity contribution is 8.00. The molecule has 3 heterocycles. The number of aromatic nitrogens is 3. The number of aliphatic hydroxyl groups excluding tert-OH is 1. The van der Waals surface area contributed by atoms with Gasteiger partial charge in [-0.1, -0.05) is 19.3 Å². The largest absolute Gasteiger partial charge is 0.394 e. The van der Waals surface area contributed by atoms with Gasteiger partial charge in [-0.2, -0.15) is 0 Å². The zero-order valence-corrected chi connectivity index (χ0v) is 14.0. The molecule has 0 aromatic carbocycles. The third-order valence-corrected chi connectivity index (χ3v) is 6.26. The molecule has 0 bridgehead atoms. The van der Waals surface area contributed by atoms with Crippen LogP contribution < -0.4 is 0 Å². The molecule has 4 rings (SSSR count). The smallest absolute Gasteiger partial charge is 0.146 e. The zero-order valence-electron chi connectivity index (χ0n) is 13.2. The number of hydrogen-bond acceptors (Lipinski definition) is 5. The number of thioether (sulfide) groups is 1. The molecular weight excluding hydrogens is 310 g/mol. The summed E-state index contributed by atoms with van der Waals surface area (Å²) >= 11 is 1.91. The summed E-state index contributed by atoms with van der Waals surface area (Å²) in [7, 11) is 0. The zero-order chi connectivity index (χ0) is 15.6. The number of fused-ring (bicyclic) bond motifs is 1. The van der Waals surface area contributed by atoms with Crippen LogP contribution in [0.5, 0.6) is 0 Å². The van der Waals surface area contributed by atoms with Gasteiger partial charge in [0.2, 0.25) is 0 Å². The molecule has 2 aliphatic rings. The van der Waals surface area contributed by atoms with Gasteiger partial charge in [-0.25, -0.2) is 9.97 Å². The Kier molecular flexibility index (Phi) is 4.55. The van der Waals surface area contributed by atoms with Gasteiger partial charge in [-0.3, -0.25) is 0 Å². The van der Waals surface area contributed by atoms with Crippen LogP contribution in [-0.2, 0) is 4.74 Å². The van der Waals surface area contributed by atoms with E-state index < -0.39 is 0 Å². The first-order valence-electron chi connectivity index (χ1n) is 8.59. The Morgan fingerprint density at radius 3 is 2.83 bits per heavy atom. The number of nitrogens with zero attached hydrogens (tertiary/aromatic N) is 3. The summed E-state index contributed by atoms with van der Waals surface area (Å²) in [4.78, 5) is 9.02. The number of hydrogen-bond donors (Lipinski definition) is 1. The minimum atomic E-state index is -0.0460. The first-order chi connectivity index (χ1) is 11.3. The maximum atomic E-state index is 9.26. The lowest BCUT2D eigenvalue weighted by Gasteiger charge is -2.20. The lowest BCUT2D eigenvalue weighted by atomic mass is 10.0. The van der Waals surface area contributed by atoms with Gasteiger partial charge in [0.1, 0.15) is 23.2 Å². The summed E-state index contributed by atoms with van der Waals surface area (Å²) in [5, 5.41) is 12.2. The van der Waals surface area contributed by atoms with E-state index in [0.29, 0.717) is 5.25 Å². The van der Waals surface area contributed by atoms with E-state index in [0.717, 1.165) is 28.9 Å². The van der Waals surface area contributed by atoms with Crippen LogP contribution in [0.1, 0.15) is 51.2 Å². The second kappa shape index (κ2) is 6.79. The highest BCUT2D eigenvalue weighted by Crippen LogP contribution is 2.37. The molecule has 124 valence electrons. The van der Waals surface area contributed by atoms with Crippen molar-refractivity contribution < 1.29 is 9.84 Å². The fourth-order valence-corrected chi connectivity index (χ4v) is 4.92. The molecule has 6 heteroatoms. The maximum absolute atomic E-state index is 9.26. The van der Waals surface area contributed by atoms with Crippen molar-refractivity contribution in [3.05, 3.63) is 18.6 Å². The quantitative estimate of drug-likeness (QED) is 0.868. The third kappa shape index (κ3) is 3.12. The highest BCUT2D eigenvalue weighted by Gasteiger charge is 2.27. The standard InChI is InChI=1S/C17H23N3O2S/c21-10-12-6-7-15(22-12)20-9-8-14-16(20)18-11-19-17(14)23-13-4-2-1-3-5-13/h8-9,11-13,15,21H,1-7,10H2. The van der Waals surface area contributed by atoms with Crippen LogP contribution >= 0.6 is 11.8 Å². The number of ether oxygens (including phenoxy) is 1. The van der Waals surface area contributed by atoms with Crippen molar-refractivity contribution in [3.8, 4) is 0 Å². The van der Waals surface area contributed by atoms with Crippen molar-refractivity contribution in [1.29, 1.82) is 0 Å². The highest BCUT2D eigenvalue weighted by atomic mass is 32.2. The first-order valence-corrected chi connectivity index (χ1v) is 9.47. The molecule has 0 radical (unpaired) electrons. The molecule has 2 unspecified atom stereocenters. The van der Waals surface area contributed by atoms with E-state index in [9.17, 15) is 5.11 Å². The van der Waals surface area contributed by atoms with E-state index in [4.69, 9.17) is 4.74 Å². The van der Waals surface area contributed by atoms with Crippen LogP contribution in [-0.4, -0.2) is 37.6 Å². The molecule has 1 aliphatic carbocycles. The van der Waals surface area contributed by atoms with Crippen molar-refractivity contribution in [2.24, 2.45) is 0 Å². The predicted molar refractivity (Wildman–Crippen MR) is 90.5 cm³/mol. The average molecular weight is 333 g/mol. The molecule has 2 aromatic heterocycles. The second-order valence-corrected chi connectivity index (χ2v) is 7.78. The SMILES string of the molecule is OCC1CCC(n2ccc3c(SC4CCCCC4)ncnc32)O1. The van der Waals surface area contributed by atoms with Crippen LogP contribution in [0.2, 0.25) is 0 Å². The molecule has 1 aliphatic heterocycles. The van der Waals surface area contributed by atoms with Crippen molar-refractivity contribution in [1.82, 2.24) is 14.5 Å². The number of aliphatic hydroxyl groups is 1. The molecule has 2 aromatic rings. The molecule has 1 N–H and O–H groups in total. The lowest BCUT2D eigenvalue weighted by Crippen LogP contribution is -2.14. The third-order valence-electron chi connectivity index (χ3n) is 4.90. The molecule has 0 amide bonds. The van der Waals surface area contributed by atoms with E-state index in [1.165, 1.54) is 32.1 Å². The van der Waals surface area contributed by atoms with Crippen molar-refractivity contribution in [2.45, 2.75) is 67.6 Å². The van der Waals surface area contributed by atoms with Crippen molar-refractivity contribution in [3.63, 3.8) is 0 Å². The van der Waals surface area contributed by atoms with Gasteiger partial charge in [0.05, 0.1) is 18.1 Å². The van der Waals surface area contributed by atoms with E-state index >= 15 is 0 Å². The fraction of sp³-hybridized carbons (Fsp3) is 0.647. The Labute approximate surface area is 140 Å². The van der Waals surface area contributed by atoms with Gasteiger partial charge in [0.25, 0.3) is 0 Å². The fourth-order valence-electron chi connectivity index (χ4n) is 3.64. The minimum absolute atomic E-state index is 0.0212. The number of rotatable bonds is 4. The van der Waals surface area contributed by atoms with E-state index in [1.54, 1.807) is 6.33 Å². The summed E-state index contributed by atoms with van der Waals surface area (Å²) in [5.74, 6) is 0. The molecule has 1 saturated heterocycles. The lowest BCUT2D eigenvalue weighted by molar-refractivity contribution is -0.0204. The monoisotopic (exact) mass is 333 g/mol. The van der Waals surface area contributed by atoms with Gasteiger partial charge in [-0.05, 0) is 31.7 Å². The van der Waals surface area contributed by atoms with Gasteiger partial charge < -0.3 is 14.4 Å². The van der Waals surface area contributed by atoms with Crippen LogP contribution in [0, 0.1) is 0 Å². The van der Waals surface area contributed by atoms with Crippen LogP contribution in [0.3, 0.4) is 0 Å². The summed E-state index contributed by atoms with van der Waals surface area (Å²) in [6.45, 7) is 0.0907. The second-order valence-electron chi connectivity index (χ2n) is 6.49. The maximum Gasteiger partial charge on any atom is 0.146 e. The van der Waals surface area contributed by atoms with Gasteiger partial charge in [0, 0.05) is 11.4 Å². The van der Waals surface area contributed by atoms with E-state index in [1.807, 2.05) is 11.8 Å². The molecule has 2 fully saturated rings. The van der Waals surface area contributed by atoms with E-state index in [-0.39, 0.29) is 18.9 Å². The van der Waals surface area contributed by atoms with Gasteiger partial charge in [0.15, 0.2) is 0 Å². The Morgan fingerprint density at radius 2 is 2.04 bits per heavy atom. The van der Waals surface area contributed by atoms with E-state index in [2.05, 4.69) is 26.8 Å². The van der Waals surface area contributed by atoms with Gasteiger partial charge >= 0.3 is 0 Å². The molecule has 23 heavy (non-hydrogen) atoms. The summed E-state index contributed by atoms with van der Waals surface area (Å²) in [6.07, 6.45) is 12.1. The molecular formula is C17H23N3O2S. The van der Waals surface area contributed by atoms with Crippen LogP contribution in [0.25, 0.3) is 11.0 Å². The summed E-state index contributed by atoms with van der Waals surface area (Å²) in [5.41, 5.74) is 0.946. The van der Waals surface area contributed by atoms with Crippen molar-refractivity contribution >= 4 is 22.8 Å². The Hall–Kier alpha value is -1.11.